The molecule has 17 heavy (non-hydrogen) atoms. The van der Waals surface area contributed by atoms with Crippen LogP contribution in [0, 0.1) is 5.92 Å². The van der Waals surface area contributed by atoms with Crippen LogP contribution in [0.1, 0.15) is 64.7 Å². The Kier molecular flexibility index (Phi) is 3.20. The number of likely N-dealkylation sites (tertiary alicyclic amines) is 1. The van der Waals surface area contributed by atoms with E-state index >= 15 is 0 Å². The van der Waals surface area contributed by atoms with Crippen molar-refractivity contribution in [1.29, 1.82) is 0 Å². The highest BCUT2D eigenvalue weighted by Crippen LogP contribution is 2.40. The fourth-order valence-electron chi connectivity index (χ4n) is 4.08. The Labute approximate surface area is 105 Å². The molecule has 0 bridgehead atoms. The molecule has 0 aromatic heterocycles. The zero-order valence-corrected chi connectivity index (χ0v) is 11.2. The van der Waals surface area contributed by atoms with Gasteiger partial charge in [-0.3, -0.25) is 4.90 Å². The first-order valence-electron chi connectivity index (χ1n) is 7.64. The molecule has 2 aliphatic carbocycles. The summed E-state index contributed by atoms with van der Waals surface area (Å²) in [6, 6.07) is 1.42. The Morgan fingerprint density at radius 2 is 1.88 bits per heavy atom. The molecule has 0 amide bonds. The van der Waals surface area contributed by atoms with Crippen molar-refractivity contribution in [2.75, 3.05) is 6.54 Å². The second kappa shape index (κ2) is 4.55. The predicted molar refractivity (Wildman–Crippen MR) is 69.9 cm³/mol. The van der Waals surface area contributed by atoms with E-state index < -0.39 is 0 Å². The minimum Gasteiger partial charge on any atom is -0.388 e. The molecule has 1 aliphatic heterocycles. The summed E-state index contributed by atoms with van der Waals surface area (Å²) < 4.78 is 0. The van der Waals surface area contributed by atoms with Crippen LogP contribution in [0.3, 0.4) is 0 Å². The molecular weight excluding hydrogens is 210 g/mol. The van der Waals surface area contributed by atoms with Gasteiger partial charge in [-0.05, 0) is 44.9 Å². The number of hydrogen-bond donors (Lipinski definition) is 1. The van der Waals surface area contributed by atoms with Crippen molar-refractivity contribution in [3.8, 4) is 0 Å². The van der Waals surface area contributed by atoms with E-state index in [4.69, 9.17) is 0 Å². The lowest BCUT2D eigenvalue weighted by Gasteiger charge is -2.25. The molecule has 3 fully saturated rings. The van der Waals surface area contributed by atoms with Gasteiger partial charge < -0.3 is 5.11 Å². The molecule has 0 aromatic rings. The largest absolute Gasteiger partial charge is 0.388 e. The molecule has 0 spiro atoms. The topological polar surface area (TPSA) is 23.5 Å². The van der Waals surface area contributed by atoms with Gasteiger partial charge in [0.25, 0.3) is 0 Å². The van der Waals surface area contributed by atoms with Gasteiger partial charge in [0, 0.05) is 18.6 Å². The van der Waals surface area contributed by atoms with Crippen LogP contribution in [-0.2, 0) is 0 Å². The summed E-state index contributed by atoms with van der Waals surface area (Å²) in [4.78, 5) is 2.56. The number of rotatable bonds is 4. The Balaban J connectivity index is 1.51. The molecule has 2 saturated carbocycles. The molecule has 2 atom stereocenters. The number of aliphatic hydroxyl groups is 1. The fraction of sp³-hybridized carbons (Fsp3) is 1.00. The quantitative estimate of drug-likeness (QED) is 0.812. The first-order valence-corrected chi connectivity index (χ1v) is 7.64. The normalized spacial score (nSPS) is 40.2. The zero-order chi connectivity index (χ0) is 11.9. The molecular formula is C15H27NO. The van der Waals surface area contributed by atoms with Crippen molar-refractivity contribution < 1.29 is 5.11 Å². The van der Waals surface area contributed by atoms with Crippen LogP contribution in [0.25, 0.3) is 0 Å². The highest BCUT2D eigenvalue weighted by molar-refractivity contribution is 5.00. The summed E-state index contributed by atoms with van der Waals surface area (Å²) in [5.41, 5.74) is -0.357. The van der Waals surface area contributed by atoms with E-state index in [0.717, 1.165) is 31.3 Å². The Morgan fingerprint density at radius 1 is 1.18 bits per heavy atom. The average Bonchev–Trinajstić information content (AvgIpc) is 2.90. The van der Waals surface area contributed by atoms with Crippen LogP contribution in [0.15, 0.2) is 0 Å². The second-order valence-corrected chi connectivity index (χ2v) is 6.87. The van der Waals surface area contributed by atoms with Crippen molar-refractivity contribution in [3.63, 3.8) is 0 Å². The third-order valence-corrected chi connectivity index (χ3v) is 5.23. The van der Waals surface area contributed by atoms with E-state index in [1.807, 2.05) is 0 Å². The monoisotopic (exact) mass is 237 g/mol. The van der Waals surface area contributed by atoms with Gasteiger partial charge in [0.15, 0.2) is 0 Å². The zero-order valence-electron chi connectivity index (χ0n) is 11.2. The molecule has 3 aliphatic rings. The maximum absolute atomic E-state index is 10.7. The fourth-order valence-corrected chi connectivity index (χ4v) is 4.08. The molecule has 0 aromatic carbocycles. The van der Waals surface area contributed by atoms with Gasteiger partial charge in [-0.2, -0.15) is 0 Å². The van der Waals surface area contributed by atoms with Gasteiger partial charge >= 0.3 is 0 Å². The lowest BCUT2D eigenvalue weighted by atomic mass is 9.89. The lowest BCUT2D eigenvalue weighted by molar-refractivity contribution is 0.0335. The van der Waals surface area contributed by atoms with Crippen LogP contribution < -0.4 is 0 Å². The first-order chi connectivity index (χ1) is 8.16. The number of β-amino-alcohol motifs (C(OH)–C–C–N with tert-alkyl or cyclic N) is 1. The molecule has 2 nitrogen and oxygen atoms in total. The maximum atomic E-state index is 10.7. The van der Waals surface area contributed by atoms with Crippen molar-refractivity contribution in [2.45, 2.75) is 82.4 Å². The maximum Gasteiger partial charge on any atom is 0.0789 e. The molecule has 3 rings (SSSR count). The van der Waals surface area contributed by atoms with E-state index in [2.05, 4.69) is 11.8 Å². The molecule has 2 unspecified atom stereocenters. The van der Waals surface area contributed by atoms with Crippen LogP contribution in [0.4, 0.5) is 0 Å². The van der Waals surface area contributed by atoms with Gasteiger partial charge in [0.1, 0.15) is 0 Å². The van der Waals surface area contributed by atoms with Crippen LogP contribution in [0.2, 0.25) is 0 Å². The van der Waals surface area contributed by atoms with Crippen molar-refractivity contribution in [1.82, 2.24) is 4.90 Å². The number of hydrogen-bond acceptors (Lipinski definition) is 2. The smallest absolute Gasteiger partial charge is 0.0789 e. The highest BCUT2D eigenvalue weighted by Gasteiger charge is 2.45. The summed E-state index contributed by atoms with van der Waals surface area (Å²) in [5.74, 6) is 0.921. The Hall–Kier alpha value is -0.0800. The van der Waals surface area contributed by atoms with Gasteiger partial charge in [-0.1, -0.05) is 25.7 Å². The summed E-state index contributed by atoms with van der Waals surface area (Å²) in [7, 11) is 0. The van der Waals surface area contributed by atoms with E-state index in [1.54, 1.807) is 0 Å². The highest BCUT2D eigenvalue weighted by atomic mass is 16.3. The lowest BCUT2D eigenvalue weighted by Crippen LogP contribution is -2.35. The molecule has 98 valence electrons. The first kappa shape index (κ1) is 12.0. The standard InChI is InChI=1S/C15H27NO/c1-12-10-15(17,11-16(12)14-6-7-14)9-8-13-4-2-3-5-13/h12-14,17H,2-11H2,1H3. The predicted octanol–water partition coefficient (Wildman–Crippen LogP) is 2.94. The third kappa shape index (κ3) is 2.68. The summed E-state index contributed by atoms with van der Waals surface area (Å²) in [6.45, 7) is 3.25. The minimum absolute atomic E-state index is 0.357. The van der Waals surface area contributed by atoms with Crippen LogP contribution >= 0.6 is 0 Å². The van der Waals surface area contributed by atoms with Crippen LogP contribution in [0.5, 0.6) is 0 Å². The van der Waals surface area contributed by atoms with Crippen molar-refractivity contribution >= 4 is 0 Å². The van der Waals surface area contributed by atoms with Crippen molar-refractivity contribution in [2.24, 2.45) is 5.92 Å². The Morgan fingerprint density at radius 3 is 2.53 bits per heavy atom. The minimum atomic E-state index is -0.357. The molecule has 2 heteroatoms. The molecule has 1 heterocycles. The summed E-state index contributed by atoms with van der Waals surface area (Å²) >= 11 is 0. The van der Waals surface area contributed by atoms with E-state index in [0.29, 0.717) is 6.04 Å². The number of nitrogens with zero attached hydrogens (tertiary/aromatic N) is 1. The van der Waals surface area contributed by atoms with E-state index in [9.17, 15) is 5.11 Å². The molecule has 0 radical (unpaired) electrons. The third-order valence-electron chi connectivity index (χ3n) is 5.23. The Bertz CT molecular complexity index is 270. The SMILES string of the molecule is CC1CC(O)(CCC2CCCC2)CN1C1CC1. The van der Waals surface area contributed by atoms with Gasteiger partial charge in [0.05, 0.1) is 5.60 Å². The van der Waals surface area contributed by atoms with Crippen LogP contribution in [-0.4, -0.2) is 34.2 Å². The average molecular weight is 237 g/mol. The van der Waals surface area contributed by atoms with Gasteiger partial charge in [-0.15, -0.1) is 0 Å². The summed E-state index contributed by atoms with van der Waals surface area (Å²) in [6.07, 6.45) is 11.7. The van der Waals surface area contributed by atoms with Gasteiger partial charge in [-0.25, -0.2) is 0 Å². The van der Waals surface area contributed by atoms with E-state index in [1.165, 1.54) is 44.9 Å². The molecule has 1 saturated heterocycles. The summed E-state index contributed by atoms with van der Waals surface area (Å²) in [5, 5.41) is 10.7. The van der Waals surface area contributed by atoms with E-state index in [-0.39, 0.29) is 5.60 Å². The molecule has 1 N–H and O–H groups in total. The van der Waals surface area contributed by atoms with Crippen molar-refractivity contribution in [3.05, 3.63) is 0 Å². The second-order valence-electron chi connectivity index (χ2n) is 6.87. The van der Waals surface area contributed by atoms with Gasteiger partial charge in [0.2, 0.25) is 0 Å².